The van der Waals surface area contributed by atoms with Gasteiger partial charge in [0.15, 0.2) is 5.65 Å². The predicted octanol–water partition coefficient (Wildman–Crippen LogP) is 2.85. The van der Waals surface area contributed by atoms with Crippen molar-refractivity contribution < 1.29 is 4.79 Å². The number of piperazine rings is 1. The Morgan fingerprint density at radius 2 is 2.00 bits per heavy atom. The zero-order valence-electron chi connectivity index (χ0n) is 18.2. The number of hydrogen-bond acceptors (Lipinski definition) is 5. The van der Waals surface area contributed by atoms with Gasteiger partial charge in [-0.05, 0) is 51.3 Å². The van der Waals surface area contributed by atoms with Crippen molar-refractivity contribution in [1.82, 2.24) is 24.7 Å². The molecular weight excluding hydrogens is 390 g/mol. The van der Waals surface area contributed by atoms with Gasteiger partial charge < -0.3 is 9.80 Å². The number of pyridine rings is 2. The summed E-state index contributed by atoms with van der Waals surface area (Å²) >= 11 is 0. The van der Waals surface area contributed by atoms with Gasteiger partial charge in [-0.3, -0.25) is 9.69 Å². The second kappa shape index (κ2) is 9.34. The molecule has 0 aromatic carbocycles. The maximum atomic E-state index is 11.9. The van der Waals surface area contributed by atoms with Crippen molar-refractivity contribution in [2.45, 2.75) is 32.7 Å². The molecule has 0 saturated carbocycles. The van der Waals surface area contributed by atoms with Gasteiger partial charge in [0.1, 0.15) is 0 Å². The Morgan fingerprint density at radius 1 is 1.19 bits per heavy atom. The molecule has 0 radical (unpaired) electrons. The minimum Gasteiger partial charge on any atom is -0.338 e. The van der Waals surface area contributed by atoms with Gasteiger partial charge in [-0.25, -0.2) is 20.0 Å². The number of rotatable bonds is 4. The van der Waals surface area contributed by atoms with Crippen molar-refractivity contribution in [3.8, 4) is 0 Å². The molecule has 2 aromatic rings. The Morgan fingerprint density at radius 3 is 2.71 bits per heavy atom. The minimum absolute atomic E-state index is 0.164. The van der Waals surface area contributed by atoms with Crippen molar-refractivity contribution in [1.29, 1.82) is 0 Å². The summed E-state index contributed by atoms with van der Waals surface area (Å²) in [4.78, 5) is 36.0. The van der Waals surface area contributed by atoms with Gasteiger partial charge in [-0.15, -0.1) is 0 Å². The van der Waals surface area contributed by atoms with Crippen LogP contribution < -0.4 is 0 Å². The highest BCUT2D eigenvalue weighted by Gasteiger charge is 2.25. The Hall–Kier alpha value is -3.13. The Balaban J connectivity index is 1.39. The van der Waals surface area contributed by atoms with Crippen LogP contribution >= 0.6 is 0 Å². The zero-order valence-corrected chi connectivity index (χ0v) is 18.2. The van der Waals surface area contributed by atoms with E-state index in [1.54, 1.807) is 17.3 Å². The number of aromatic nitrogens is 2. The number of carbonyl (C=O) groups excluding carboxylic acids is 1. The van der Waals surface area contributed by atoms with Crippen molar-refractivity contribution in [3.63, 3.8) is 0 Å². The first-order valence-corrected chi connectivity index (χ1v) is 10.8. The molecule has 0 spiro atoms. The molecule has 1 unspecified atom stereocenters. The molecule has 2 aromatic heterocycles. The fourth-order valence-electron chi connectivity index (χ4n) is 4.16. The Labute approximate surface area is 183 Å². The van der Waals surface area contributed by atoms with Crippen LogP contribution in [-0.2, 0) is 4.79 Å². The highest BCUT2D eigenvalue weighted by molar-refractivity contribution is 5.85. The lowest BCUT2D eigenvalue weighted by Gasteiger charge is -2.38. The first-order valence-electron chi connectivity index (χ1n) is 10.8. The Bertz CT molecular complexity index is 1020. The molecule has 2 aliphatic rings. The molecule has 4 heterocycles. The van der Waals surface area contributed by atoms with E-state index in [1.807, 2.05) is 19.1 Å². The third kappa shape index (κ3) is 4.64. The number of hydrogen-bond donors (Lipinski definition) is 0. The summed E-state index contributed by atoms with van der Waals surface area (Å²) in [7, 11) is 0. The molecule has 2 aliphatic heterocycles. The SMILES string of the molecule is C=N/C(=N\C=C(/C)N1CCCC1=O)N1CCN(C(C)c2ccc3cccnc3n2)CC1. The number of nitrogens with zero attached hydrogens (tertiary/aromatic N) is 7. The lowest BCUT2D eigenvalue weighted by atomic mass is 10.1. The maximum absolute atomic E-state index is 11.9. The zero-order chi connectivity index (χ0) is 21.8. The van der Waals surface area contributed by atoms with E-state index in [1.165, 1.54) is 0 Å². The first kappa shape index (κ1) is 21.1. The van der Waals surface area contributed by atoms with Crippen LogP contribution in [0, 0.1) is 0 Å². The second-order valence-electron chi connectivity index (χ2n) is 7.99. The van der Waals surface area contributed by atoms with Crippen LogP contribution in [0.4, 0.5) is 0 Å². The number of aliphatic imine (C=N–C) groups is 2. The van der Waals surface area contributed by atoms with Crippen molar-refractivity contribution in [2.75, 3.05) is 32.7 Å². The fraction of sp³-hybridized carbons (Fsp3) is 0.435. The summed E-state index contributed by atoms with van der Waals surface area (Å²) < 4.78 is 0. The van der Waals surface area contributed by atoms with Crippen LogP contribution in [0.25, 0.3) is 11.0 Å². The standard InChI is InChI=1S/C23H29N7O/c1-17(30-11-5-7-21(30)31)16-26-23(24-3)29-14-12-28(13-15-29)18(2)20-9-8-19-6-4-10-25-22(19)27-20/h4,6,8-10,16,18H,3,5,7,11-15H2,1-2H3/b17-16+,26-23+. The van der Waals surface area contributed by atoms with Crippen LogP contribution in [0.15, 0.2) is 52.3 Å². The van der Waals surface area contributed by atoms with E-state index in [0.29, 0.717) is 12.4 Å². The maximum Gasteiger partial charge on any atom is 0.226 e. The summed E-state index contributed by atoms with van der Waals surface area (Å²) in [5, 5.41) is 1.06. The van der Waals surface area contributed by atoms with Crippen LogP contribution in [0.2, 0.25) is 0 Å². The molecule has 8 nitrogen and oxygen atoms in total. The summed E-state index contributed by atoms with van der Waals surface area (Å²) in [6.07, 6.45) is 5.03. The van der Waals surface area contributed by atoms with Crippen LogP contribution in [0.5, 0.6) is 0 Å². The molecule has 4 rings (SSSR count). The molecule has 0 bridgehead atoms. The molecule has 0 aliphatic carbocycles. The molecule has 0 N–H and O–H groups in total. The average molecular weight is 420 g/mol. The molecule has 8 heteroatoms. The van der Waals surface area contributed by atoms with Gasteiger partial charge in [-0.2, -0.15) is 0 Å². The highest BCUT2D eigenvalue weighted by atomic mass is 16.2. The number of amides is 1. The average Bonchev–Trinajstić information content (AvgIpc) is 3.25. The monoisotopic (exact) mass is 419 g/mol. The molecule has 31 heavy (non-hydrogen) atoms. The van der Waals surface area contributed by atoms with E-state index < -0.39 is 0 Å². The molecule has 1 atom stereocenters. The third-order valence-corrected chi connectivity index (χ3v) is 6.07. The van der Waals surface area contributed by atoms with Gasteiger partial charge in [0.05, 0.1) is 11.9 Å². The normalized spacial score (nSPS) is 19.9. The smallest absolute Gasteiger partial charge is 0.226 e. The molecule has 162 valence electrons. The fourth-order valence-corrected chi connectivity index (χ4v) is 4.16. The largest absolute Gasteiger partial charge is 0.338 e. The predicted molar refractivity (Wildman–Crippen MR) is 123 cm³/mol. The van der Waals surface area contributed by atoms with Gasteiger partial charge in [0.25, 0.3) is 0 Å². The van der Waals surface area contributed by atoms with E-state index in [4.69, 9.17) is 4.98 Å². The van der Waals surface area contributed by atoms with Crippen molar-refractivity contribution in [2.24, 2.45) is 9.98 Å². The highest BCUT2D eigenvalue weighted by Crippen LogP contribution is 2.22. The third-order valence-electron chi connectivity index (χ3n) is 6.07. The quantitative estimate of drug-likeness (QED) is 0.563. The molecule has 2 saturated heterocycles. The molecular formula is C23H29N7O. The lowest BCUT2D eigenvalue weighted by molar-refractivity contribution is -0.126. The van der Waals surface area contributed by atoms with E-state index in [9.17, 15) is 4.79 Å². The molecule has 1 amide bonds. The van der Waals surface area contributed by atoms with Crippen LogP contribution in [-0.4, -0.2) is 76.0 Å². The van der Waals surface area contributed by atoms with Crippen LogP contribution in [0.3, 0.4) is 0 Å². The topological polar surface area (TPSA) is 77.3 Å². The van der Waals surface area contributed by atoms with Gasteiger partial charge >= 0.3 is 0 Å². The lowest BCUT2D eigenvalue weighted by Crippen LogP contribution is -2.49. The summed E-state index contributed by atoms with van der Waals surface area (Å²) in [5.74, 6) is 0.767. The van der Waals surface area contributed by atoms with Gasteiger partial charge in [0.2, 0.25) is 11.9 Å². The van der Waals surface area contributed by atoms with E-state index in [0.717, 1.165) is 61.6 Å². The summed E-state index contributed by atoms with van der Waals surface area (Å²) in [6.45, 7) is 11.9. The van der Waals surface area contributed by atoms with E-state index in [-0.39, 0.29) is 11.9 Å². The van der Waals surface area contributed by atoms with Crippen LogP contribution in [0.1, 0.15) is 38.4 Å². The van der Waals surface area contributed by atoms with Crippen molar-refractivity contribution >= 4 is 29.6 Å². The van der Waals surface area contributed by atoms with Gasteiger partial charge in [-0.1, -0.05) is 0 Å². The summed E-state index contributed by atoms with van der Waals surface area (Å²) in [5.41, 5.74) is 2.67. The van der Waals surface area contributed by atoms with E-state index in [2.05, 4.69) is 50.5 Å². The summed E-state index contributed by atoms with van der Waals surface area (Å²) in [6, 6.07) is 8.34. The number of carbonyl (C=O) groups is 1. The van der Waals surface area contributed by atoms with Gasteiger partial charge in [0, 0.05) is 62.5 Å². The number of guanidine groups is 1. The Kier molecular flexibility index (Phi) is 6.36. The molecule has 2 fully saturated rings. The van der Waals surface area contributed by atoms with Crippen molar-refractivity contribution in [3.05, 3.63) is 48.1 Å². The number of likely N-dealkylation sites (tertiary alicyclic amines) is 1. The number of allylic oxidation sites excluding steroid dienone is 1. The number of fused-ring (bicyclic) bond motifs is 1. The van der Waals surface area contributed by atoms with E-state index >= 15 is 0 Å². The minimum atomic E-state index is 0.164. The second-order valence-corrected chi connectivity index (χ2v) is 7.99. The first-order chi connectivity index (χ1) is 15.1.